The van der Waals surface area contributed by atoms with Gasteiger partial charge in [-0.3, -0.25) is 0 Å². The van der Waals surface area contributed by atoms with E-state index in [0.29, 0.717) is 20.6 Å². The van der Waals surface area contributed by atoms with Gasteiger partial charge in [-0.05, 0) is 0 Å². The normalized spacial score (nSPS) is 10.8. The third kappa shape index (κ3) is 3.17. The van der Waals surface area contributed by atoms with E-state index in [1.165, 1.54) is 17.4 Å². The first kappa shape index (κ1) is 16.9. The Morgan fingerprint density at radius 1 is 1.29 bits per heavy atom. The zero-order valence-electron chi connectivity index (χ0n) is 12.7. The minimum absolute atomic E-state index is 0.249. The Balaban J connectivity index is 2.13. The van der Waals surface area contributed by atoms with E-state index in [4.69, 9.17) is 4.74 Å². The van der Waals surface area contributed by atoms with E-state index in [9.17, 15) is 13.6 Å². The van der Waals surface area contributed by atoms with Crippen LogP contribution in [0.25, 0.3) is 10.1 Å². The van der Waals surface area contributed by atoms with Crippen molar-refractivity contribution in [3.05, 3.63) is 53.6 Å². The Morgan fingerprint density at radius 2 is 2.04 bits per heavy atom. The summed E-state index contributed by atoms with van der Waals surface area (Å²) in [6, 6.07) is 9.48. The van der Waals surface area contributed by atoms with Crippen LogP contribution in [0.5, 0.6) is 0 Å². The molecule has 1 heterocycles. The molecule has 3 aromatic rings. The van der Waals surface area contributed by atoms with Crippen LogP contribution in [0.15, 0.2) is 36.4 Å². The fraction of sp³-hybridized carbons (Fsp3) is 0.118. The van der Waals surface area contributed by atoms with E-state index in [2.05, 4.69) is 5.32 Å². The molecule has 0 saturated carbocycles. The van der Waals surface area contributed by atoms with E-state index in [-0.39, 0.29) is 6.61 Å². The number of thiophene rings is 1. The number of anilines is 2. The van der Waals surface area contributed by atoms with Crippen molar-refractivity contribution in [2.24, 2.45) is 0 Å². The number of carbonyl (C=O) groups excluding carboxylic acids is 1. The Kier molecular flexibility index (Phi) is 4.88. The van der Waals surface area contributed by atoms with Gasteiger partial charge in [0, 0.05) is 0 Å². The summed E-state index contributed by atoms with van der Waals surface area (Å²) < 4.78 is 33.7. The van der Waals surface area contributed by atoms with Gasteiger partial charge in [-0.2, -0.15) is 0 Å². The Hall–Kier alpha value is -1.91. The molecule has 0 radical (unpaired) electrons. The molecule has 3 rings (SSSR count). The van der Waals surface area contributed by atoms with E-state index < -0.39 is 17.6 Å². The number of nitrogens with one attached hydrogen (secondary N) is 1. The summed E-state index contributed by atoms with van der Waals surface area (Å²) in [7, 11) is 0. The van der Waals surface area contributed by atoms with Crippen LogP contribution in [0.1, 0.15) is 17.3 Å². The number of hydrogen-bond donors (Lipinski definition) is 1. The molecule has 124 valence electrons. The van der Waals surface area contributed by atoms with E-state index in [1.807, 2.05) is 24.3 Å². The van der Waals surface area contributed by atoms with Crippen molar-refractivity contribution in [2.45, 2.75) is 6.92 Å². The maximum absolute atomic E-state index is 13.8. The van der Waals surface area contributed by atoms with Crippen molar-refractivity contribution < 1.29 is 18.3 Å². The third-order valence-electron chi connectivity index (χ3n) is 3.42. The molecule has 0 fully saturated rings. The van der Waals surface area contributed by atoms with Crippen molar-refractivity contribution in [3.63, 3.8) is 0 Å². The molecule has 1 unspecified atom stereocenters. The van der Waals surface area contributed by atoms with Crippen molar-refractivity contribution in [1.82, 2.24) is 0 Å². The van der Waals surface area contributed by atoms with Gasteiger partial charge in [0.2, 0.25) is 0 Å². The minimum atomic E-state index is -0.671. The third-order valence-corrected chi connectivity index (χ3v) is 5.73. The zero-order valence-corrected chi connectivity index (χ0v) is 16.0. The van der Waals surface area contributed by atoms with Gasteiger partial charge in [-0.25, -0.2) is 0 Å². The molecule has 0 amide bonds. The number of benzene rings is 2. The van der Waals surface area contributed by atoms with Crippen LogP contribution in [0.3, 0.4) is 0 Å². The van der Waals surface area contributed by atoms with Gasteiger partial charge in [-0.1, -0.05) is 0 Å². The van der Waals surface area contributed by atoms with Gasteiger partial charge in [0.05, 0.1) is 0 Å². The zero-order chi connectivity index (χ0) is 17.3. The number of carbonyl (C=O) groups is 1. The van der Waals surface area contributed by atoms with Gasteiger partial charge in [-0.15, -0.1) is 0 Å². The first-order valence-electron chi connectivity index (χ1n) is 7.21. The summed E-state index contributed by atoms with van der Waals surface area (Å²) in [5.41, 5.74) is 0.693. The standard InChI is InChI=1S/C17H14AsF2NO2S/c1-2-23-17(22)14-10-5-3-4-6-13(10)24-16(14)21-12-8-9(19)7-11(20)15(12)18/h3-8,21H,2,18H2,1H3. The molecular weight excluding hydrogens is 395 g/mol. The first-order chi connectivity index (χ1) is 11.5. The van der Waals surface area contributed by atoms with Gasteiger partial charge in [0.25, 0.3) is 0 Å². The second-order valence-corrected chi connectivity index (χ2v) is 7.26. The van der Waals surface area contributed by atoms with E-state index >= 15 is 0 Å². The molecule has 1 N–H and O–H groups in total. The van der Waals surface area contributed by atoms with Crippen molar-refractivity contribution in [3.8, 4) is 0 Å². The summed E-state index contributed by atoms with van der Waals surface area (Å²) in [5.74, 6) is -1.75. The van der Waals surface area contributed by atoms with Crippen LogP contribution in [-0.2, 0) is 4.74 Å². The first-order valence-corrected chi connectivity index (χ1v) is 9.24. The summed E-state index contributed by atoms with van der Waals surface area (Å²) >= 11 is 2.38. The molecule has 0 aliphatic rings. The van der Waals surface area contributed by atoms with E-state index in [0.717, 1.165) is 33.0 Å². The number of hydrogen-bond acceptors (Lipinski definition) is 4. The number of halogens is 2. The SMILES string of the molecule is CCOC(=O)c1c(Nc2cc(F)cc(F)c2[AsH2])sc2ccccc12. The molecule has 1 aromatic heterocycles. The van der Waals surface area contributed by atoms with Gasteiger partial charge >= 0.3 is 150 Å². The summed E-state index contributed by atoms with van der Waals surface area (Å²) in [5, 5.41) is 4.27. The van der Waals surface area contributed by atoms with Crippen LogP contribution in [0.2, 0.25) is 0 Å². The van der Waals surface area contributed by atoms with Gasteiger partial charge in [0.1, 0.15) is 0 Å². The Labute approximate surface area is 150 Å². The molecule has 0 bridgehead atoms. The molecule has 0 aliphatic heterocycles. The summed E-state index contributed by atoms with van der Waals surface area (Å²) in [6.07, 6.45) is 0. The van der Waals surface area contributed by atoms with Gasteiger partial charge < -0.3 is 0 Å². The van der Waals surface area contributed by atoms with Crippen LogP contribution >= 0.6 is 11.3 Å². The van der Waals surface area contributed by atoms with E-state index in [1.54, 1.807) is 6.92 Å². The second-order valence-electron chi connectivity index (χ2n) is 5.00. The Morgan fingerprint density at radius 3 is 2.79 bits per heavy atom. The maximum atomic E-state index is 13.8. The fourth-order valence-electron chi connectivity index (χ4n) is 2.35. The average Bonchev–Trinajstić information content (AvgIpc) is 2.90. The van der Waals surface area contributed by atoms with Crippen LogP contribution in [0.4, 0.5) is 19.5 Å². The van der Waals surface area contributed by atoms with Crippen LogP contribution < -0.4 is 9.67 Å². The molecule has 24 heavy (non-hydrogen) atoms. The quantitative estimate of drug-likeness (QED) is 0.531. The summed E-state index contributed by atoms with van der Waals surface area (Å²) in [6.45, 7) is 1.98. The van der Waals surface area contributed by atoms with Crippen molar-refractivity contribution in [2.75, 3.05) is 11.9 Å². The molecule has 2 aromatic carbocycles. The number of rotatable bonds is 4. The summed E-state index contributed by atoms with van der Waals surface area (Å²) in [4.78, 5) is 12.3. The van der Waals surface area contributed by atoms with Gasteiger partial charge in [0.15, 0.2) is 0 Å². The number of esters is 1. The van der Waals surface area contributed by atoms with Crippen molar-refractivity contribution in [1.29, 1.82) is 0 Å². The van der Waals surface area contributed by atoms with Crippen LogP contribution in [0, 0.1) is 11.6 Å². The second kappa shape index (κ2) is 6.91. The van der Waals surface area contributed by atoms with Crippen LogP contribution in [-0.4, -0.2) is 29.4 Å². The number of fused-ring (bicyclic) bond motifs is 1. The fourth-order valence-corrected chi connectivity index (χ4v) is 3.95. The molecule has 0 spiro atoms. The molecule has 0 aliphatic carbocycles. The topological polar surface area (TPSA) is 38.3 Å². The average molecular weight is 409 g/mol. The molecular formula is C17H14AsF2NO2S. The predicted molar refractivity (Wildman–Crippen MR) is 95.6 cm³/mol. The Bertz CT molecular complexity index is 926. The molecule has 1 atom stereocenters. The molecule has 0 saturated heterocycles. The monoisotopic (exact) mass is 409 g/mol. The molecule has 3 nitrogen and oxygen atoms in total. The van der Waals surface area contributed by atoms with Crippen molar-refractivity contribution >= 4 is 59.3 Å². The molecule has 7 heteroatoms. The predicted octanol–water partition coefficient (Wildman–Crippen LogP) is 3.36. The number of ether oxygens (including phenoxy) is 1.